The number of hydrogen-bond donors (Lipinski definition) is 2. The molecule has 2 rings (SSSR count). The molecule has 0 bridgehead atoms. The summed E-state index contributed by atoms with van der Waals surface area (Å²) in [6, 6.07) is 4.66. The minimum absolute atomic E-state index is 0.207. The zero-order valence-corrected chi connectivity index (χ0v) is 10.9. The monoisotopic (exact) mass is 234 g/mol. The number of benzene rings is 1. The standard InChI is InChI=1S/C14H22N2O/c1-9-6-10(2)13(11(3)7-9)14(16-15)12-4-5-17-8-12/h6-7,12,14,16H,4-5,8,15H2,1-3H3. The van der Waals surface area contributed by atoms with Crippen molar-refractivity contribution < 1.29 is 4.74 Å². The number of ether oxygens (including phenoxy) is 1. The molecule has 1 heterocycles. The molecule has 2 unspecified atom stereocenters. The molecule has 0 aliphatic carbocycles. The summed E-state index contributed by atoms with van der Waals surface area (Å²) in [4.78, 5) is 0. The molecule has 1 aliphatic rings. The lowest BCUT2D eigenvalue weighted by Crippen LogP contribution is -2.35. The zero-order chi connectivity index (χ0) is 12.4. The van der Waals surface area contributed by atoms with Crippen LogP contribution in [0.15, 0.2) is 12.1 Å². The van der Waals surface area contributed by atoms with Crippen molar-refractivity contribution in [2.45, 2.75) is 33.2 Å². The molecule has 1 saturated heterocycles. The first-order valence-corrected chi connectivity index (χ1v) is 6.25. The van der Waals surface area contributed by atoms with Crippen LogP contribution in [0.3, 0.4) is 0 Å². The Bertz CT molecular complexity index is 374. The lowest BCUT2D eigenvalue weighted by molar-refractivity contribution is 0.176. The van der Waals surface area contributed by atoms with Crippen molar-refractivity contribution in [3.8, 4) is 0 Å². The van der Waals surface area contributed by atoms with E-state index in [4.69, 9.17) is 10.6 Å². The van der Waals surface area contributed by atoms with Gasteiger partial charge in [0.15, 0.2) is 0 Å². The summed E-state index contributed by atoms with van der Waals surface area (Å²) < 4.78 is 5.47. The van der Waals surface area contributed by atoms with Gasteiger partial charge in [-0.1, -0.05) is 17.7 Å². The van der Waals surface area contributed by atoms with Crippen molar-refractivity contribution in [1.29, 1.82) is 0 Å². The van der Waals surface area contributed by atoms with E-state index in [1.54, 1.807) is 0 Å². The molecule has 1 fully saturated rings. The van der Waals surface area contributed by atoms with Crippen molar-refractivity contribution in [2.75, 3.05) is 13.2 Å². The van der Waals surface area contributed by atoms with Gasteiger partial charge in [-0.3, -0.25) is 11.3 Å². The average molecular weight is 234 g/mol. The molecule has 0 saturated carbocycles. The number of aryl methyl sites for hydroxylation is 3. The number of hydrogen-bond acceptors (Lipinski definition) is 3. The maximum atomic E-state index is 5.75. The molecule has 1 aliphatic heterocycles. The van der Waals surface area contributed by atoms with Gasteiger partial charge in [-0.05, 0) is 43.9 Å². The highest BCUT2D eigenvalue weighted by Gasteiger charge is 2.28. The largest absolute Gasteiger partial charge is 0.381 e. The quantitative estimate of drug-likeness (QED) is 0.622. The summed E-state index contributed by atoms with van der Waals surface area (Å²) in [7, 11) is 0. The van der Waals surface area contributed by atoms with E-state index in [9.17, 15) is 0 Å². The van der Waals surface area contributed by atoms with E-state index in [1.165, 1.54) is 22.3 Å². The second-order valence-corrected chi connectivity index (χ2v) is 5.08. The van der Waals surface area contributed by atoms with Crippen LogP contribution in [-0.4, -0.2) is 13.2 Å². The molecular weight excluding hydrogens is 212 g/mol. The summed E-state index contributed by atoms with van der Waals surface area (Å²) in [5.74, 6) is 6.24. The van der Waals surface area contributed by atoms with E-state index < -0.39 is 0 Å². The first-order chi connectivity index (χ1) is 8.13. The molecule has 0 spiro atoms. The van der Waals surface area contributed by atoms with Crippen molar-refractivity contribution in [2.24, 2.45) is 11.8 Å². The predicted octanol–water partition coefficient (Wildman–Crippen LogP) is 2.15. The van der Waals surface area contributed by atoms with Crippen LogP contribution in [0.4, 0.5) is 0 Å². The molecule has 0 amide bonds. The molecule has 3 N–H and O–H groups in total. The van der Waals surface area contributed by atoms with Crippen LogP contribution in [-0.2, 0) is 4.74 Å². The van der Waals surface area contributed by atoms with Crippen molar-refractivity contribution >= 4 is 0 Å². The summed E-state index contributed by atoms with van der Waals surface area (Å²) in [5, 5.41) is 0. The molecular formula is C14H22N2O. The van der Waals surface area contributed by atoms with Crippen LogP contribution < -0.4 is 11.3 Å². The van der Waals surface area contributed by atoms with Gasteiger partial charge in [-0.2, -0.15) is 0 Å². The van der Waals surface area contributed by atoms with E-state index in [1.807, 2.05) is 0 Å². The molecule has 2 atom stereocenters. The van der Waals surface area contributed by atoms with Gasteiger partial charge in [-0.15, -0.1) is 0 Å². The molecule has 94 valence electrons. The van der Waals surface area contributed by atoms with E-state index in [0.29, 0.717) is 5.92 Å². The average Bonchev–Trinajstić information content (AvgIpc) is 2.76. The first kappa shape index (κ1) is 12.6. The highest BCUT2D eigenvalue weighted by atomic mass is 16.5. The van der Waals surface area contributed by atoms with Gasteiger partial charge in [0.05, 0.1) is 12.6 Å². The smallest absolute Gasteiger partial charge is 0.0516 e. The number of nitrogens with two attached hydrogens (primary N) is 1. The topological polar surface area (TPSA) is 47.3 Å². The summed E-state index contributed by atoms with van der Waals surface area (Å²) in [5.41, 5.74) is 8.26. The third-order valence-electron chi connectivity index (χ3n) is 3.66. The van der Waals surface area contributed by atoms with Gasteiger partial charge in [0, 0.05) is 12.5 Å². The Morgan fingerprint density at radius 2 is 1.94 bits per heavy atom. The van der Waals surface area contributed by atoms with Gasteiger partial charge in [0.2, 0.25) is 0 Å². The number of nitrogens with one attached hydrogen (secondary N) is 1. The van der Waals surface area contributed by atoms with Crippen LogP contribution >= 0.6 is 0 Å². The maximum Gasteiger partial charge on any atom is 0.0516 e. The zero-order valence-electron chi connectivity index (χ0n) is 10.9. The Hall–Kier alpha value is -0.900. The lowest BCUT2D eigenvalue weighted by Gasteiger charge is -2.26. The van der Waals surface area contributed by atoms with E-state index in [-0.39, 0.29) is 6.04 Å². The summed E-state index contributed by atoms with van der Waals surface area (Å²) in [6.45, 7) is 8.12. The normalized spacial score (nSPS) is 21.8. The molecule has 17 heavy (non-hydrogen) atoms. The van der Waals surface area contributed by atoms with Crippen molar-refractivity contribution in [3.63, 3.8) is 0 Å². The Balaban J connectivity index is 2.36. The predicted molar refractivity (Wildman–Crippen MR) is 69.6 cm³/mol. The Morgan fingerprint density at radius 1 is 1.29 bits per heavy atom. The Labute approximate surface area is 103 Å². The van der Waals surface area contributed by atoms with Crippen LogP contribution in [0.25, 0.3) is 0 Å². The van der Waals surface area contributed by atoms with E-state index in [0.717, 1.165) is 19.6 Å². The third kappa shape index (κ3) is 2.51. The fourth-order valence-corrected chi connectivity index (χ4v) is 2.95. The van der Waals surface area contributed by atoms with Crippen LogP contribution in [0, 0.1) is 26.7 Å². The van der Waals surface area contributed by atoms with Crippen LogP contribution in [0.5, 0.6) is 0 Å². The molecule has 3 nitrogen and oxygen atoms in total. The lowest BCUT2D eigenvalue weighted by atomic mass is 9.86. The second kappa shape index (κ2) is 5.17. The minimum Gasteiger partial charge on any atom is -0.381 e. The summed E-state index contributed by atoms with van der Waals surface area (Å²) >= 11 is 0. The highest BCUT2D eigenvalue weighted by Crippen LogP contribution is 2.32. The van der Waals surface area contributed by atoms with Gasteiger partial charge in [0.1, 0.15) is 0 Å². The fourth-order valence-electron chi connectivity index (χ4n) is 2.95. The first-order valence-electron chi connectivity index (χ1n) is 6.25. The van der Waals surface area contributed by atoms with Crippen LogP contribution in [0.1, 0.15) is 34.7 Å². The SMILES string of the molecule is Cc1cc(C)c(C(NN)C2CCOC2)c(C)c1. The highest BCUT2D eigenvalue weighted by molar-refractivity contribution is 5.40. The number of hydrazine groups is 1. The molecule has 3 heteroatoms. The van der Waals surface area contributed by atoms with E-state index >= 15 is 0 Å². The van der Waals surface area contributed by atoms with E-state index in [2.05, 4.69) is 38.3 Å². The van der Waals surface area contributed by atoms with Gasteiger partial charge in [0.25, 0.3) is 0 Å². The maximum absolute atomic E-state index is 5.75. The minimum atomic E-state index is 0.207. The second-order valence-electron chi connectivity index (χ2n) is 5.08. The molecule has 1 aromatic carbocycles. The Morgan fingerprint density at radius 3 is 2.41 bits per heavy atom. The number of rotatable bonds is 3. The van der Waals surface area contributed by atoms with Gasteiger partial charge >= 0.3 is 0 Å². The van der Waals surface area contributed by atoms with Gasteiger partial charge < -0.3 is 4.74 Å². The van der Waals surface area contributed by atoms with Crippen molar-refractivity contribution in [1.82, 2.24) is 5.43 Å². The van der Waals surface area contributed by atoms with Crippen molar-refractivity contribution in [3.05, 3.63) is 34.4 Å². The third-order valence-corrected chi connectivity index (χ3v) is 3.66. The Kier molecular flexibility index (Phi) is 3.82. The molecule has 1 aromatic rings. The summed E-state index contributed by atoms with van der Waals surface area (Å²) in [6.07, 6.45) is 1.08. The molecule has 0 aromatic heterocycles. The fraction of sp³-hybridized carbons (Fsp3) is 0.571. The van der Waals surface area contributed by atoms with Crippen LogP contribution in [0.2, 0.25) is 0 Å². The molecule has 0 radical (unpaired) electrons. The van der Waals surface area contributed by atoms with Gasteiger partial charge in [-0.25, -0.2) is 0 Å².